The lowest BCUT2D eigenvalue weighted by Gasteiger charge is -2.36. The van der Waals surface area contributed by atoms with Gasteiger partial charge in [0, 0.05) is 30.1 Å². The maximum Gasteiger partial charge on any atom is 0.224 e. The Bertz CT molecular complexity index is 1230. The maximum absolute atomic E-state index is 11.3. The fourth-order valence-corrected chi connectivity index (χ4v) is 5.29. The molecule has 0 spiro atoms. The lowest BCUT2D eigenvalue weighted by molar-refractivity contribution is -0.000415. The minimum Gasteiger partial charge on any atom is -0.493 e. The van der Waals surface area contributed by atoms with Gasteiger partial charge in [0.1, 0.15) is 21.4 Å². The first-order valence-electron chi connectivity index (χ1n) is 11.8. The number of aromatic nitrogens is 3. The predicted octanol–water partition coefficient (Wildman–Crippen LogP) is 3.98. The average Bonchev–Trinajstić information content (AvgIpc) is 3.21. The fraction of sp³-hybridized carbons (Fsp3) is 0.520. The quantitative estimate of drug-likeness (QED) is 0.441. The Balaban J connectivity index is 1.45. The summed E-state index contributed by atoms with van der Waals surface area (Å²) in [6.07, 6.45) is 9.32. The van der Waals surface area contributed by atoms with Crippen molar-refractivity contribution < 1.29 is 18.3 Å². The van der Waals surface area contributed by atoms with Crippen LogP contribution in [0.1, 0.15) is 46.0 Å². The number of nitrogens with zero attached hydrogens (tertiary/aromatic N) is 3. The van der Waals surface area contributed by atoms with Crippen LogP contribution in [0.25, 0.3) is 16.7 Å². The van der Waals surface area contributed by atoms with Crippen molar-refractivity contribution in [2.75, 3.05) is 23.9 Å². The molecule has 0 saturated heterocycles. The summed E-state index contributed by atoms with van der Waals surface area (Å²) in [5.41, 5.74) is 0.323. The highest BCUT2D eigenvalue weighted by Gasteiger charge is 2.31. The van der Waals surface area contributed by atoms with Gasteiger partial charge in [0.05, 0.1) is 23.5 Å². The summed E-state index contributed by atoms with van der Waals surface area (Å²) in [6.45, 7) is 4.13. The van der Waals surface area contributed by atoms with E-state index in [2.05, 4.69) is 10.3 Å². The van der Waals surface area contributed by atoms with Gasteiger partial charge in [0.2, 0.25) is 5.95 Å². The van der Waals surface area contributed by atoms with Crippen molar-refractivity contribution in [2.24, 2.45) is 5.92 Å². The topological polar surface area (TPSA) is 106 Å². The average molecular weight is 487 g/mol. The molecule has 1 saturated carbocycles. The molecule has 184 valence electrons. The molecule has 8 nitrogen and oxygen atoms in total. The summed E-state index contributed by atoms with van der Waals surface area (Å²) >= 11 is 0. The van der Waals surface area contributed by atoms with E-state index < -0.39 is 15.4 Å². The Morgan fingerprint density at radius 1 is 1.18 bits per heavy atom. The molecule has 1 fully saturated rings. The van der Waals surface area contributed by atoms with Crippen molar-refractivity contribution in [3.05, 3.63) is 42.7 Å². The van der Waals surface area contributed by atoms with Crippen LogP contribution < -0.4 is 10.1 Å². The van der Waals surface area contributed by atoms with Crippen molar-refractivity contribution >= 4 is 26.7 Å². The van der Waals surface area contributed by atoms with E-state index in [0.717, 1.165) is 48.2 Å². The minimum absolute atomic E-state index is 0.111. The first-order valence-corrected chi connectivity index (χ1v) is 13.9. The monoisotopic (exact) mass is 486 g/mol. The number of aliphatic hydroxyl groups is 1. The molecule has 0 aliphatic heterocycles. The molecule has 1 aromatic carbocycles. The molecule has 1 aliphatic carbocycles. The smallest absolute Gasteiger partial charge is 0.224 e. The van der Waals surface area contributed by atoms with Crippen LogP contribution in [-0.4, -0.2) is 58.3 Å². The van der Waals surface area contributed by atoms with Crippen molar-refractivity contribution in [1.82, 2.24) is 14.5 Å². The Morgan fingerprint density at radius 2 is 1.94 bits per heavy atom. The number of rotatable bonds is 9. The van der Waals surface area contributed by atoms with Crippen molar-refractivity contribution in [2.45, 2.75) is 57.6 Å². The fourth-order valence-electron chi connectivity index (χ4n) is 4.65. The van der Waals surface area contributed by atoms with Crippen LogP contribution in [0.15, 0.2) is 42.7 Å². The third-order valence-electron chi connectivity index (χ3n) is 6.56. The van der Waals surface area contributed by atoms with Crippen LogP contribution >= 0.6 is 0 Å². The van der Waals surface area contributed by atoms with E-state index in [1.54, 1.807) is 6.20 Å². The first-order chi connectivity index (χ1) is 16.1. The van der Waals surface area contributed by atoms with E-state index >= 15 is 0 Å². The number of sulfone groups is 1. The minimum atomic E-state index is -2.99. The van der Waals surface area contributed by atoms with Crippen LogP contribution in [-0.2, 0) is 9.84 Å². The number of nitrogens with one attached hydrogen (secondary N) is 1. The zero-order valence-corrected chi connectivity index (χ0v) is 20.9. The van der Waals surface area contributed by atoms with Gasteiger partial charge in [-0.25, -0.2) is 13.4 Å². The second-order valence-corrected chi connectivity index (χ2v) is 12.1. The second-order valence-electron chi connectivity index (χ2n) is 9.79. The Labute approximate surface area is 201 Å². The summed E-state index contributed by atoms with van der Waals surface area (Å²) < 4.78 is 30.5. The summed E-state index contributed by atoms with van der Waals surface area (Å²) in [5.74, 6) is 2.51. The highest BCUT2D eigenvalue weighted by atomic mass is 32.2. The summed E-state index contributed by atoms with van der Waals surface area (Å²) in [6, 6.07) is 9.97. The maximum atomic E-state index is 11.3. The molecule has 0 bridgehead atoms. The number of anilines is 1. The van der Waals surface area contributed by atoms with Gasteiger partial charge in [-0.3, -0.25) is 0 Å². The number of fused-ring (bicyclic) bond motifs is 1. The van der Waals surface area contributed by atoms with Crippen LogP contribution in [0.5, 0.6) is 5.75 Å². The highest BCUT2D eigenvalue weighted by Crippen LogP contribution is 2.33. The normalized spacial score (nSPS) is 19.3. The standard InChI is InChI=1S/C25H34N4O4S/c1-25(2,30)18-8-10-19(11-9-18)27-24-26-14-12-23(28-24)29-15-13-20-21(29)6-4-7-22(20)33-16-5-17-34(3,31)32/h4,6-7,12-15,18-19,30H,5,8-11,16-17H2,1-3H3,(H,26,27,28)/t18-,19-. The van der Waals surface area contributed by atoms with Crippen LogP contribution in [0.2, 0.25) is 0 Å². The van der Waals surface area contributed by atoms with E-state index in [9.17, 15) is 13.5 Å². The molecule has 34 heavy (non-hydrogen) atoms. The number of hydrogen-bond acceptors (Lipinski definition) is 7. The Hall–Kier alpha value is -2.65. The van der Waals surface area contributed by atoms with Crippen molar-refractivity contribution in [3.63, 3.8) is 0 Å². The van der Waals surface area contributed by atoms with Crippen molar-refractivity contribution in [3.8, 4) is 11.6 Å². The molecule has 2 heterocycles. The van der Waals surface area contributed by atoms with Crippen molar-refractivity contribution in [1.29, 1.82) is 0 Å². The Morgan fingerprint density at radius 3 is 2.65 bits per heavy atom. The third-order valence-corrected chi connectivity index (χ3v) is 7.59. The molecule has 0 atom stereocenters. The molecule has 2 N–H and O–H groups in total. The van der Waals surface area contributed by atoms with Gasteiger partial charge >= 0.3 is 0 Å². The van der Waals surface area contributed by atoms with E-state index in [1.807, 2.05) is 54.9 Å². The lowest BCUT2D eigenvalue weighted by atomic mass is 9.77. The summed E-state index contributed by atoms with van der Waals surface area (Å²) in [5, 5.41) is 14.7. The molecule has 4 rings (SSSR count). The molecular formula is C25H34N4O4S. The SMILES string of the molecule is CC(C)(O)[C@H]1CC[C@H](Nc2nccc(-n3ccc4c(OCCCS(C)(=O)=O)cccc43)n2)CC1. The van der Waals surface area contributed by atoms with E-state index in [4.69, 9.17) is 9.72 Å². The van der Waals surface area contributed by atoms with Gasteiger partial charge in [0.25, 0.3) is 0 Å². The van der Waals surface area contributed by atoms with E-state index in [0.29, 0.717) is 30.9 Å². The van der Waals surface area contributed by atoms with Crippen LogP contribution in [0.3, 0.4) is 0 Å². The third kappa shape index (κ3) is 6.07. The number of benzene rings is 1. The zero-order valence-electron chi connectivity index (χ0n) is 20.1. The van der Waals surface area contributed by atoms with Gasteiger partial charge < -0.3 is 19.7 Å². The molecule has 3 aromatic rings. The summed E-state index contributed by atoms with van der Waals surface area (Å²) in [7, 11) is -2.99. The second kappa shape index (κ2) is 9.92. The molecule has 2 aromatic heterocycles. The van der Waals surface area contributed by atoms with Gasteiger partial charge in [-0.15, -0.1) is 0 Å². The molecule has 1 aliphatic rings. The van der Waals surface area contributed by atoms with Gasteiger partial charge in [-0.1, -0.05) is 6.07 Å². The molecule has 0 amide bonds. The van der Waals surface area contributed by atoms with Gasteiger partial charge in [-0.05, 0) is 76.1 Å². The number of hydrogen-bond donors (Lipinski definition) is 2. The Kier molecular flexibility index (Phi) is 7.14. The predicted molar refractivity (Wildman–Crippen MR) is 134 cm³/mol. The van der Waals surface area contributed by atoms with Gasteiger partial charge in [0.15, 0.2) is 0 Å². The lowest BCUT2D eigenvalue weighted by Crippen LogP contribution is -2.37. The van der Waals surface area contributed by atoms with Gasteiger partial charge in [-0.2, -0.15) is 4.98 Å². The first kappa shape index (κ1) is 24.5. The zero-order chi connectivity index (χ0) is 24.3. The van der Waals surface area contributed by atoms with Crippen LogP contribution in [0, 0.1) is 5.92 Å². The van der Waals surface area contributed by atoms with Crippen LogP contribution in [0.4, 0.5) is 5.95 Å². The van der Waals surface area contributed by atoms with E-state index in [1.165, 1.54) is 6.26 Å². The summed E-state index contributed by atoms with van der Waals surface area (Å²) in [4.78, 5) is 9.16. The molecule has 0 radical (unpaired) electrons. The molecule has 0 unspecified atom stereocenters. The molecular weight excluding hydrogens is 452 g/mol. The highest BCUT2D eigenvalue weighted by molar-refractivity contribution is 7.90. The largest absolute Gasteiger partial charge is 0.493 e. The number of ether oxygens (including phenoxy) is 1. The molecule has 9 heteroatoms. The van der Waals surface area contributed by atoms with E-state index in [-0.39, 0.29) is 5.75 Å².